The van der Waals surface area contributed by atoms with Crippen LogP contribution in [0, 0.1) is 10.1 Å². The number of carbonyl (C=O) groups excluding carboxylic acids is 1. The summed E-state index contributed by atoms with van der Waals surface area (Å²) >= 11 is 0. The molecule has 1 aromatic rings. The predicted octanol–water partition coefficient (Wildman–Crippen LogP) is 2.49. The second-order valence-electron chi connectivity index (χ2n) is 4.55. The molecule has 1 rings (SSSR count). The van der Waals surface area contributed by atoms with Gasteiger partial charge in [-0.25, -0.2) is 0 Å². The van der Waals surface area contributed by atoms with Crippen molar-refractivity contribution in [2.75, 3.05) is 5.73 Å². The number of nitro groups is 1. The highest BCUT2D eigenvalue weighted by atomic mass is 16.6. The van der Waals surface area contributed by atoms with Crippen LogP contribution in [0.2, 0.25) is 0 Å². The van der Waals surface area contributed by atoms with E-state index in [1.165, 1.54) is 18.2 Å². The molecule has 1 aromatic carbocycles. The second kappa shape index (κ2) is 6.72. The van der Waals surface area contributed by atoms with Gasteiger partial charge < -0.3 is 11.1 Å². The average Bonchev–Trinajstić information content (AvgIpc) is 2.36. The van der Waals surface area contributed by atoms with Gasteiger partial charge in [0.25, 0.3) is 11.6 Å². The Bertz CT molecular complexity index is 474. The molecule has 0 spiro atoms. The maximum absolute atomic E-state index is 12.0. The molecule has 0 aromatic heterocycles. The van der Waals surface area contributed by atoms with Crippen LogP contribution in [0.15, 0.2) is 18.2 Å². The Balaban J connectivity index is 2.81. The summed E-state index contributed by atoms with van der Waals surface area (Å²) in [6.07, 6.45) is 2.95. The van der Waals surface area contributed by atoms with E-state index < -0.39 is 4.92 Å². The molecule has 0 aliphatic carbocycles. The lowest BCUT2D eigenvalue weighted by atomic mass is 10.1. The number of nitrogens with zero attached hydrogens (tertiary/aromatic N) is 1. The summed E-state index contributed by atoms with van der Waals surface area (Å²) in [7, 11) is 0. The van der Waals surface area contributed by atoms with E-state index in [1.807, 2.05) is 6.92 Å². The number of rotatable bonds is 6. The molecule has 0 aliphatic heterocycles. The van der Waals surface area contributed by atoms with Crippen molar-refractivity contribution in [3.63, 3.8) is 0 Å². The van der Waals surface area contributed by atoms with Crippen molar-refractivity contribution >= 4 is 17.3 Å². The highest BCUT2D eigenvalue weighted by Gasteiger charge is 2.16. The van der Waals surface area contributed by atoms with Crippen molar-refractivity contribution in [2.24, 2.45) is 0 Å². The largest absolute Gasteiger partial charge is 0.398 e. The summed E-state index contributed by atoms with van der Waals surface area (Å²) in [4.78, 5) is 22.1. The maximum atomic E-state index is 12.0. The summed E-state index contributed by atoms with van der Waals surface area (Å²) in [5.74, 6) is -0.371. The van der Waals surface area contributed by atoms with Crippen molar-refractivity contribution in [3.8, 4) is 0 Å². The van der Waals surface area contributed by atoms with Crippen molar-refractivity contribution in [2.45, 2.75) is 39.2 Å². The van der Waals surface area contributed by atoms with Crippen LogP contribution in [-0.4, -0.2) is 16.9 Å². The number of nitro benzene ring substituents is 1. The Morgan fingerprint density at radius 3 is 2.79 bits per heavy atom. The Morgan fingerprint density at radius 2 is 2.21 bits per heavy atom. The van der Waals surface area contributed by atoms with Gasteiger partial charge in [-0.2, -0.15) is 0 Å². The number of unbranched alkanes of at least 4 members (excludes halogenated alkanes) is 1. The lowest BCUT2D eigenvalue weighted by molar-refractivity contribution is -0.384. The molecule has 6 heteroatoms. The van der Waals surface area contributed by atoms with E-state index in [2.05, 4.69) is 12.2 Å². The smallest absolute Gasteiger partial charge is 0.270 e. The van der Waals surface area contributed by atoms with Crippen molar-refractivity contribution in [1.29, 1.82) is 0 Å². The van der Waals surface area contributed by atoms with Crippen LogP contribution in [0.5, 0.6) is 0 Å². The number of anilines is 1. The zero-order chi connectivity index (χ0) is 14.4. The lowest BCUT2D eigenvalue weighted by Gasteiger charge is -2.14. The molecule has 1 unspecified atom stereocenters. The Kier molecular flexibility index (Phi) is 5.29. The molecule has 3 N–H and O–H groups in total. The molecule has 0 heterocycles. The van der Waals surface area contributed by atoms with Crippen LogP contribution in [0.25, 0.3) is 0 Å². The zero-order valence-electron chi connectivity index (χ0n) is 11.2. The van der Waals surface area contributed by atoms with Crippen molar-refractivity contribution < 1.29 is 9.72 Å². The van der Waals surface area contributed by atoms with E-state index in [4.69, 9.17) is 5.73 Å². The number of nitrogens with two attached hydrogens (primary N) is 1. The van der Waals surface area contributed by atoms with E-state index in [-0.39, 0.29) is 28.9 Å². The molecule has 0 saturated carbocycles. The molecular formula is C13H19N3O3. The predicted molar refractivity (Wildman–Crippen MR) is 74.0 cm³/mol. The van der Waals surface area contributed by atoms with E-state index >= 15 is 0 Å². The number of hydrogen-bond donors (Lipinski definition) is 2. The first-order valence-electron chi connectivity index (χ1n) is 6.30. The molecule has 19 heavy (non-hydrogen) atoms. The van der Waals surface area contributed by atoms with Gasteiger partial charge in [-0.1, -0.05) is 19.8 Å². The van der Waals surface area contributed by atoms with Crippen LogP contribution in [0.3, 0.4) is 0 Å². The van der Waals surface area contributed by atoms with E-state index in [9.17, 15) is 14.9 Å². The number of nitrogen functional groups attached to an aromatic ring is 1. The minimum absolute atomic E-state index is 0.0195. The molecule has 1 atom stereocenters. The van der Waals surface area contributed by atoms with Gasteiger partial charge >= 0.3 is 0 Å². The Morgan fingerprint density at radius 1 is 1.53 bits per heavy atom. The number of carbonyl (C=O) groups is 1. The highest BCUT2D eigenvalue weighted by molar-refractivity contribution is 5.99. The van der Waals surface area contributed by atoms with Crippen molar-refractivity contribution in [3.05, 3.63) is 33.9 Å². The average molecular weight is 265 g/mol. The summed E-state index contributed by atoms with van der Waals surface area (Å²) in [6.45, 7) is 3.98. The van der Waals surface area contributed by atoms with Crippen LogP contribution in [0.4, 0.5) is 11.4 Å². The van der Waals surface area contributed by atoms with Crippen LogP contribution < -0.4 is 11.1 Å². The Hall–Kier alpha value is -2.11. The van der Waals surface area contributed by atoms with Gasteiger partial charge in [-0.15, -0.1) is 0 Å². The van der Waals surface area contributed by atoms with Crippen LogP contribution in [-0.2, 0) is 0 Å². The fourth-order valence-corrected chi connectivity index (χ4v) is 1.74. The third-order valence-corrected chi connectivity index (χ3v) is 2.86. The lowest BCUT2D eigenvalue weighted by Crippen LogP contribution is -2.33. The number of hydrogen-bond acceptors (Lipinski definition) is 4. The van der Waals surface area contributed by atoms with Gasteiger partial charge in [0.2, 0.25) is 0 Å². The molecule has 1 amide bonds. The molecule has 0 bridgehead atoms. The van der Waals surface area contributed by atoms with Gasteiger partial charge in [-0.3, -0.25) is 14.9 Å². The summed E-state index contributed by atoms with van der Waals surface area (Å²) in [5, 5.41) is 13.5. The normalized spacial score (nSPS) is 11.9. The van der Waals surface area contributed by atoms with E-state index in [1.54, 1.807) is 0 Å². The van der Waals surface area contributed by atoms with Gasteiger partial charge in [0.1, 0.15) is 0 Å². The standard InChI is InChI=1S/C13H19N3O3/c1-3-4-5-9(2)15-13(17)11-8-10(16(18)19)6-7-12(11)14/h6-9H,3-5,14H2,1-2H3,(H,15,17). The first-order valence-corrected chi connectivity index (χ1v) is 6.30. The van der Waals surface area contributed by atoms with E-state index in [0.29, 0.717) is 0 Å². The first-order chi connectivity index (χ1) is 8.95. The minimum atomic E-state index is -0.545. The second-order valence-corrected chi connectivity index (χ2v) is 4.55. The molecule has 0 radical (unpaired) electrons. The fraction of sp³-hybridized carbons (Fsp3) is 0.462. The Labute approximate surface area is 112 Å². The zero-order valence-corrected chi connectivity index (χ0v) is 11.2. The SMILES string of the molecule is CCCCC(C)NC(=O)c1cc([N+](=O)[O-])ccc1N. The molecule has 0 fully saturated rings. The fourth-order valence-electron chi connectivity index (χ4n) is 1.74. The van der Waals surface area contributed by atoms with Gasteiger partial charge in [0.05, 0.1) is 10.5 Å². The number of benzene rings is 1. The first kappa shape index (κ1) is 14.9. The number of amides is 1. The maximum Gasteiger partial charge on any atom is 0.270 e. The van der Waals surface area contributed by atoms with Gasteiger partial charge in [0, 0.05) is 23.9 Å². The number of nitrogens with one attached hydrogen (secondary N) is 1. The summed E-state index contributed by atoms with van der Waals surface area (Å²) in [5.41, 5.74) is 5.94. The molecule has 6 nitrogen and oxygen atoms in total. The monoisotopic (exact) mass is 265 g/mol. The quantitative estimate of drug-likeness (QED) is 0.469. The molecule has 104 valence electrons. The summed E-state index contributed by atoms with van der Waals surface area (Å²) < 4.78 is 0. The third kappa shape index (κ3) is 4.24. The van der Waals surface area contributed by atoms with Gasteiger partial charge in [0.15, 0.2) is 0 Å². The summed E-state index contributed by atoms with van der Waals surface area (Å²) in [6, 6.07) is 3.89. The third-order valence-electron chi connectivity index (χ3n) is 2.86. The molecule has 0 saturated heterocycles. The highest BCUT2D eigenvalue weighted by Crippen LogP contribution is 2.19. The van der Waals surface area contributed by atoms with E-state index in [0.717, 1.165) is 19.3 Å². The molecular weight excluding hydrogens is 246 g/mol. The minimum Gasteiger partial charge on any atom is -0.398 e. The topological polar surface area (TPSA) is 98.3 Å². The van der Waals surface area contributed by atoms with Gasteiger partial charge in [-0.05, 0) is 19.4 Å². The van der Waals surface area contributed by atoms with Crippen molar-refractivity contribution in [1.82, 2.24) is 5.32 Å². The molecule has 0 aliphatic rings. The number of non-ortho nitro benzene ring substituents is 1. The van der Waals surface area contributed by atoms with Crippen LogP contribution in [0.1, 0.15) is 43.5 Å². The van der Waals surface area contributed by atoms with Crippen LogP contribution >= 0.6 is 0 Å².